The number of aromatic nitrogens is 4. The van der Waals surface area contributed by atoms with E-state index in [1.807, 2.05) is 11.7 Å². The van der Waals surface area contributed by atoms with Crippen LogP contribution in [-0.2, 0) is 7.05 Å². The molecule has 1 amide bonds. The van der Waals surface area contributed by atoms with Crippen molar-refractivity contribution < 1.29 is 18.7 Å². The van der Waals surface area contributed by atoms with Crippen LogP contribution in [-0.4, -0.2) is 37.1 Å². The van der Waals surface area contributed by atoms with Crippen LogP contribution in [0.25, 0.3) is 22.0 Å². The molecule has 2 aliphatic rings. The number of nitrogens with zero attached hydrogens (tertiary/aromatic N) is 4. The number of rotatable bonds is 6. The average molecular weight is 506 g/mol. The molecule has 2 fully saturated rings. The van der Waals surface area contributed by atoms with E-state index in [0.717, 1.165) is 54.3 Å². The van der Waals surface area contributed by atoms with E-state index >= 15 is 0 Å². The summed E-state index contributed by atoms with van der Waals surface area (Å²) in [6.07, 6.45) is 10.4. The molecule has 2 N–H and O–H groups in total. The molecule has 0 aliphatic heterocycles. The van der Waals surface area contributed by atoms with E-state index in [1.165, 1.54) is 24.1 Å². The van der Waals surface area contributed by atoms with Gasteiger partial charge in [0.05, 0.1) is 17.3 Å². The number of phenolic OH excluding ortho intramolecular Hbond substituents is 1. The fraction of sp³-hybridized carbons (Fsp3) is 0.393. The smallest absolute Gasteiger partial charge is 0.251 e. The van der Waals surface area contributed by atoms with E-state index in [1.54, 1.807) is 0 Å². The Bertz CT molecular complexity index is 1460. The minimum absolute atomic E-state index is 0.139. The molecule has 0 spiro atoms. The Balaban J connectivity index is 1.08. The van der Waals surface area contributed by atoms with Crippen molar-refractivity contribution in [1.82, 2.24) is 24.9 Å². The van der Waals surface area contributed by atoms with Crippen molar-refractivity contribution in [3.05, 3.63) is 65.6 Å². The predicted octanol–water partition coefficient (Wildman–Crippen LogP) is 5.46. The fourth-order valence-corrected chi connectivity index (χ4v) is 5.43. The molecule has 6 rings (SSSR count). The van der Waals surface area contributed by atoms with Crippen molar-refractivity contribution >= 4 is 16.8 Å². The Kier molecular flexibility index (Phi) is 5.93. The molecule has 4 aromatic rings. The minimum atomic E-state index is -1.15. The number of benzene rings is 2. The number of phenols is 1. The van der Waals surface area contributed by atoms with Crippen LogP contribution in [0.15, 0.2) is 42.7 Å². The monoisotopic (exact) mass is 505 g/mol. The minimum Gasteiger partial charge on any atom is -0.503 e. The molecular weight excluding hydrogens is 476 g/mol. The zero-order valence-electron chi connectivity index (χ0n) is 20.6. The second-order valence-corrected chi connectivity index (χ2v) is 10.4. The fourth-order valence-electron chi connectivity index (χ4n) is 5.43. The van der Waals surface area contributed by atoms with Crippen LogP contribution in [0.2, 0.25) is 0 Å². The Hall–Kier alpha value is -3.75. The first kappa shape index (κ1) is 23.6. The normalized spacial score (nSPS) is 19.9. The van der Waals surface area contributed by atoms with Gasteiger partial charge in [0.1, 0.15) is 0 Å². The number of hydrogen-bond donors (Lipinski definition) is 2. The number of amides is 1. The number of carbonyl (C=O) groups is 1. The number of fused-ring (bicyclic) bond motifs is 1. The third-order valence-corrected chi connectivity index (χ3v) is 7.68. The van der Waals surface area contributed by atoms with Gasteiger partial charge in [-0.15, -0.1) is 0 Å². The quantitative estimate of drug-likeness (QED) is 0.365. The topological polar surface area (TPSA) is 85.0 Å². The average Bonchev–Trinajstić information content (AvgIpc) is 3.53. The van der Waals surface area contributed by atoms with Gasteiger partial charge < -0.3 is 10.4 Å². The van der Waals surface area contributed by atoms with Crippen molar-refractivity contribution in [2.45, 2.75) is 50.5 Å². The number of carbonyl (C=O) groups excluding carboxylic acids is 1. The molecule has 0 atom stereocenters. The Morgan fingerprint density at radius 2 is 1.76 bits per heavy atom. The summed E-state index contributed by atoms with van der Waals surface area (Å²) in [6.45, 7) is 0.439. The van der Waals surface area contributed by atoms with Crippen molar-refractivity contribution in [1.29, 1.82) is 0 Å². The van der Waals surface area contributed by atoms with E-state index in [0.29, 0.717) is 18.5 Å². The lowest BCUT2D eigenvalue weighted by atomic mass is 9.86. The summed E-state index contributed by atoms with van der Waals surface area (Å²) in [5, 5.41) is 22.7. The lowest BCUT2D eigenvalue weighted by Gasteiger charge is -2.28. The number of aryl methyl sites for hydroxylation is 1. The van der Waals surface area contributed by atoms with E-state index in [-0.39, 0.29) is 11.5 Å². The maximum atomic E-state index is 13.6. The molecule has 37 heavy (non-hydrogen) atoms. The summed E-state index contributed by atoms with van der Waals surface area (Å²) in [5.74, 6) is -3.05. The van der Waals surface area contributed by atoms with Crippen molar-refractivity contribution in [3.63, 3.8) is 0 Å². The molecule has 2 aromatic carbocycles. The molecule has 0 saturated heterocycles. The van der Waals surface area contributed by atoms with E-state index in [2.05, 4.69) is 40.6 Å². The molecule has 0 unspecified atom stereocenters. The van der Waals surface area contributed by atoms with Gasteiger partial charge in [-0.2, -0.15) is 10.2 Å². The summed E-state index contributed by atoms with van der Waals surface area (Å²) in [5.41, 5.74) is 4.38. The molecule has 192 valence electrons. The maximum absolute atomic E-state index is 13.6. The Labute approximate surface area is 213 Å². The number of halogens is 2. The highest BCUT2D eigenvalue weighted by atomic mass is 19.1. The maximum Gasteiger partial charge on any atom is 0.251 e. The summed E-state index contributed by atoms with van der Waals surface area (Å²) >= 11 is 0. The molecule has 2 heterocycles. The van der Waals surface area contributed by atoms with Crippen LogP contribution in [0.4, 0.5) is 8.78 Å². The number of nitrogens with one attached hydrogen (secondary N) is 1. The first-order valence-electron chi connectivity index (χ1n) is 12.8. The van der Waals surface area contributed by atoms with Crippen LogP contribution in [0, 0.1) is 17.6 Å². The van der Waals surface area contributed by atoms with Crippen LogP contribution >= 0.6 is 0 Å². The van der Waals surface area contributed by atoms with E-state index < -0.39 is 23.3 Å². The SMILES string of the molecule is Cn1cc(-c2ccc3cn(C4CCC(CNC(=O)c5cc(F)c(O)c(F)c5)CC4)nc3c2)c(C2CC2)n1. The van der Waals surface area contributed by atoms with Gasteiger partial charge in [0, 0.05) is 48.4 Å². The molecule has 0 bridgehead atoms. The Morgan fingerprint density at radius 1 is 1.03 bits per heavy atom. The highest BCUT2D eigenvalue weighted by molar-refractivity contribution is 5.94. The molecule has 9 heteroatoms. The molecule has 2 saturated carbocycles. The predicted molar refractivity (Wildman–Crippen MR) is 135 cm³/mol. The summed E-state index contributed by atoms with van der Waals surface area (Å²) in [4.78, 5) is 12.3. The zero-order valence-corrected chi connectivity index (χ0v) is 20.6. The first-order chi connectivity index (χ1) is 17.9. The van der Waals surface area contributed by atoms with Crippen LogP contribution in [0.5, 0.6) is 5.75 Å². The van der Waals surface area contributed by atoms with Gasteiger partial charge in [0.15, 0.2) is 17.4 Å². The third kappa shape index (κ3) is 4.70. The van der Waals surface area contributed by atoms with Gasteiger partial charge in [0.2, 0.25) is 0 Å². The summed E-state index contributed by atoms with van der Waals surface area (Å²) in [7, 11) is 1.97. The van der Waals surface area contributed by atoms with Crippen LogP contribution in [0.1, 0.15) is 66.5 Å². The van der Waals surface area contributed by atoms with Crippen molar-refractivity contribution in [2.24, 2.45) is 13.0 Å². The van der Waals surface area contributed by atoms with Gasteiger partial charge in [-0.3, -0.25) is 14.2 Å². The van der Waals surface area contributed by atoms with Crippen molar-refractivity contribution in [2.75, 3.05) is 6.54 Å². The molecule has 2 aromatic heterocycles. The van der Waals surface area contributed by atoms with Gasteiger partial charge in [-0.1, -0.05) is 12.1 Å². The zero-order chi connectivity index (χ0) is 25.7. The summed E-state index contributed by atoms with van der Waals surface area (Å²) in [6, 6.07) is 8.43. The highest BCUT2D eigenvalue weighted by Gasteiger charge is 2.30. The van der Waals surface area contributed by atoms with E-state index in [9.17, 15) is 18.7 Å². The third-order valence-electron chi connectivity index (χ3n) is 7.68. The van der Waals surface area contributed by atoms with Crippen molar-refractivity contribution in [3.8, 4) is 16.9 Å². The van der Waals surface area contributed by atoms with Gasteiger partial charge in [-0.25, -0.2) is 8.78 Å². The number of aromatic hydroxyl groups is 1. The van der Waals surface area contributed by atoms with Gasteiger partial charge in [0.25, 0.3) is 5.91 Å². The molecule has 7 nitrogen and oxygen atoms in total. The van der Waals surface area contributed by atoms with Crippen LogP contribution in [0.3, 0.4) is 0 Å². The van der Waals surface area contributed by atoms with Crippen LogP contribution < -0.4 is 5.32 Å². The highest BCUT2D eigenvalue weighted by Crippen LogP contribution is 2.44. The second-order valence-electron chi connectivity index (χ2n) is 10.4. The van der Waals surface area contributed by atoms with Gasteiger partial charge >= 0.3 is 0 Å². The summed E-state index contributed by atoms with van der Waals surface area (Å²) < 4.78 is 31.1. The molecule has 0 radical (unpaired) electrons. The lowest BCUT2D eigenvalue weighted by molar-refractivity contribution is 0.0940. The van der Waals surface area contributed by atoms with E-state index in [4.69, 9.17) is 10.2 Å². The second kappa shape index (κ2) is 9.28. The first-order valence-corrected chi connectivity index (χ1v) is 12.8. The standard InChI is InChI=1S/C28H29F2N5O2/c1-34-15-22(26(33-34)17-4-5-17)18-6-7-19-14-35(32-25(19)12-18)21-8-2-16(3-9-21)13-31-28(37)20-10-23(29)27(36)24(30)11-20/h6-7,10-12,14-17,21,36H,2-5,8-9,13H2,1H3,(H,31,37). The molecule has 2 aliphatic carbocycles. The number of hydrogen-bond acceptors (Lipinski definition) is 4. The molecular formula is C28H29F2N5O2. The van der Waals surface area contributed by atoms with Gasteiger partial charge in [-0.05, 0) is 68.2 Å². The largest absolute Gasteiger partial charge is 0.503 e. The lowest BCUT2D eigenvalue weighted by Crippen LogP contribution is -2.31. The Morgan fingerprint density at radius 3 is 2.46 bits per heavy atom.